The summed E-state index contributed by atoms with van der Waals surface area (Å²) in [6.45, 7) is 8.15. The molecule has 20 heavy (non-hydrogen) atoms. The van der Waals surface area contributed by atoms with Gasteiger partial charge < -0.3 is 5.32 Å². The molecular weight excluding hydrogens is 270 g/mol. The van der Waals surface area contributed by atoms with E-state index < -0.39 is 0 Å². The summed E-state index contributed by atoms with van der Waals surface area (Å²) in [5.74, 6) is 0. The standard InChI is InChI=1S/C16H22ClN3/c1-5-8-20-12(3)16(11(2)19-20)15-9-14(17)7-6-13(15)10-18-4/h6-7,9,18H,5,8,10H2,1-4H3. The van der Waals surface area contributed by atoms with E-state index in [4.69, 9.17) is 11.6 Å². The Bertz CT molecular complexity index is 602. The van der Waals surface area contributed by atoms with Gasteiger partial charge >= 0.3 is 0 Å². The van der Waals surface area contributed by atoms with Crippen molar-refractivity contribution in [2.24, 2.45) is 0 Å². The lowest BCUT2D eigenvalue weighted by Gasteiger charge is -2.11. The molecule has 0 aliphatic heterocycles. The van der Waals surface area contributed by atoms with E-state index in [-0.39, 0.29) is 0 Å². The second-order valence-electron chi connectivity index (χ2n) is 5.10. The summed E-state index contributed by atoms with van der Waals surface area (Å²) < 4.78 is 2.09. The van der Waals surface area contributed by atoms with Crippen molar-refractivity contribution in [3.8, 4) is 11.1 Å². The molecule has 1 N–H and O–H groups in total. The van der Waals surface area contributed by atoms with Gasteiger partial charge in [-0.05, 0) is 50.6 Å². The van der Waals surface area contributed by atoms with Crippen LogP contribution >= 0.6 is 11.6 Å². The summed E-state index contributed by atoms with van der Waals surface area (Å²) in [6.07, 6.45) is 1.08. The Labute approximate surface area is 126 Å². The van der Waals surface area contributed by atoms with Crippen molar-refractivity contribution >= 4 is 11.6 Å². The van der Waals surface area contributed by atoms with E-state index in [1.807, 2.05) is 19.2 Å². The van der Waals surface area contributed by atoms with Crippen LogP contribution in [0.3, 0.4) is 0 Å². The molecule has 4 heteroatoms. The van der Waals surface area contributed by atoms with Crippen molar-refractivity contribution in [1.29, 1.82) is 0 Å². The summed E-state index contributed by atoms with van der Waals surface area (Å²) in [5.41, 5.74) is 5.93. The molecule has 0 atom stereocenters. The zero-order valence-corrected chi connectivity index (χ0v) is 13.4. The third kappa shape index (κ3) is 2.89. The topological polar surface area (TPSA) is 29.9 Å². The molecule has 0 saturated heterocycles. The highest BCUT2D eigenvalue weighted by molar-refractivity contribution is 6.30. The Morgan fingerprint density at radius 1 is 1.30 bits per heavy atom. The SMILES string of the molecule is CCCn1nc(C)c(-c2cc(Cl)ccc2CNC)c1C. The Morgan fingerprint density at radius 2 is 2.05 bits per heavy atom. The van der Waals surface area contributed by atoms with E-state index in [0.717, 1.165) is 30.2 Å². The van der Waals surface area contributed by atoms with Crippen molar-refractivity contribution in [2.75, 3.05) is 7.05 Å². The van der Waals surface area contributed by atoms with Crippen molar-refractivity contribution in [1.82, 2.24) is 15.1 Å². The minimum Gasteiger partial charge on any atom is -0.316 e. The molecule has 0 saturated carbocycles. The molecule has 0 aliphatic rings. The van der Waals surface area contributed by atoms with Crippen LogP contribution in [-0.2, 0) is 13.1 Å². The molecule has 0 fully saturated rings. The van der Waals surface area contributed by atoms with Crippen LogP contribution in [-0.4, -0.2) is 16.8 Å². The minimum absolute atomic E-state index is 0.766. The van der Waals surface area contributed by atoms with Crippen LogP contribution in [0.1, 0.15) is 30.3 Å². The molecule has 2 aromatic rings. The fraction of sp³-hybridized carbons (Fsp3) is 0.438. The molecule has 1 aromatic heterocycles. The molecule has 108 valence electrons. The Kier molecular flexibility index (Phi) is 4.84. The minimum atomic E-state index is 0.766. The van der Waals surface area contributed by atoms with Crippen LogP contribution in [0, 0.1) is 13.8 Å². The van der Waals surface area contributed by atoms with Crippen molar-refractivity contribution in [2.45, 2.75) is 40.3 Å². The number of rotatable bonds is 5. The van der Waals surface area contributed by atoms with Gasteiger partial charge in [0, 0.05) is 29.4 Å². The first kappa shape index (κ1) is 15.1. The summed E-state index contributed by atoms with van der Waals surface area (Å²) in [4.78, 5) is 0. The molecule has 1 aromatic carbocycles. The third-order valence-electron chi connectivity index (χ3n) is 3.53. The van der Waals surface area contributed by atoms with Gasteiger partial charge in [-0.3, -0.25) is 4.68 Å². The molecule has 0 bridgehead atoms. The van der Waals surface area contributed by atoms with Gasteiger partial charge in [-0.1, -0.05) is 24.6 Å². The molecule has 0 unspecified atom stereocenters. The lowest BCUT2D eigenvalue weighted by Crippen LogP contribution is -2.07. The van der Waals surface area contributed by atoms with Gasteiger partial charge in [-0.2, -0.15) is 5.10 Å². The average molecular weight is 292 g/mol. The quantitative estimate of drug-likeness (QED) is 0.904. The van der Waals surface area contributed by atoms with E-state index >= 15 is 0 Å². The van der Waals surface area contributed by atoms with Crippen LogP contribution in [0.15, 0.2) is 18.2 Å². The van der Waals surface area contributed by atoms with Crippen LogP contribution in [0.5, 0.6) is 0 Å². The monoisotopic (exact) mass is 291 g/mol. The van der Waals surface area contributed by atoms with Gasteiger partial charge in [-0.25, -0.2) is 0 Å². The Hall–Kier alpha value is -1.32. The van der Waals surface area contributed by atoms with Gasteiger partial charge in [0.2, 0.25) is 0 Å². The lowest BCUT2D eigenvalue weighted by atomic mass is 9.98. The van der Waals surface area contributed by atoms with E-state index in [1.54, 1.807) is 0 Å². The molecule has 1 heterocycles. The number of hydrogen-bond acceptors (Lipinski definition) is 2. The zero-order valence-electron chi connectivity index (χ0n) is 12.6. The number of benzene rings is 1. The molecule has 3 nitrogen and oxygen atoms in total. The molecule has 0 spiro atoms. The Morgan fingerprint density at radius 3 is 2.70 bits per heavy atom. The third-order valence-corrected chi connectivity index (χ3v) is 3.76. The Balaban J connectivity index is 2.58. The largest absolute Gasteiger partial charge is 0.316 e. The molecular formula is C16H22ClN3. The lowest BCUT2D eigenvalue weighted by molar-refractivity contribution is 0.583. The number of nitrogens with one attached hydrogen (secondary N) is 1. The van der Waals surface area contributed by atoms with E-state index in [9.17, 15) is 0 Å². The number of aryl methyl sites for hydroxylation is 2. The second kappa shape index (κ2) is 6.42. The highest BCUT2D eigenvalue weighted by Crippen LogP contribution is 2.32. The summed E-state index contributed by atoms with van der Waals surface area (Å²) in [5, 5.41) is 8.64. The molecule has 0 amide bonds. The second-order valence-corrected chi connectivity index (χ2v) is 5.54. The highest BCUT2D eigenvalue weighted by atomic mass is 35.5. The maximum atomic E-state index is 6.19. The van der Waals surface area contributed by atoms with Gasteiger partial charge in [0.25, 0.3) is 0 Å². The first-order valence-electron chi connectivity index (χ1n) is 7.05. The maximum absolute atomic E-state index is 6.19. The average Bonchev–Trinajstić information content (AvgIpc) is 2.68. The van der Waals surface area contributed by atoms with Crippen molar-refractivity contribution < 1.29 is 0 Å². The summed E-state index contributed by atoms with van der Waals surface area (Å²) >= 11 is 6.19. The first-order valence-corrected chi connectivity index (χ1v) is 7.43. The smallest absolute Gasteiger partial charge is 0.0675 e. The predicted octanol–water partition coefficient (Wildman–Crippen LogP) is 3.95. The van der Waals surface area contributed by atoms with Crippen LogP contribution in [0.4, 0.5) is 0 Å². The van der Waals surface area contributed by atoms with Crippen LogP contribution in [0.25, 0.3) is 11.1 Å². The van der Waals surface area contributed by atoms with Gasteiger partial charge in [0.15, 0.2) is 0 Å². The van der Waals surface area contributed by atoms with Gasteiger partial charge in [0.1, 0.15) is 0 Å². The number of hydrogen-bond donors (Lipinski definition) is 1. The van der Waals surface area contributed by atoms with E-state index in [2.05, 4.69) is 41.9 Å². The fourth-order valence-corrected chi connectivity index (χ4v) is 2.81. The van der Waals surface area contributed by atoms with Crippen molar-refractivity contribution in [3.05, 3.63) is 40.2 Å². The normalized spacial score (nSPS) is 11.1. The summed E-state index contributed by atoms with van der Waals surface area (Å²) in [6, 6.07) is 6.07. The predicted molar refractivity (Wildman–Crippen MR) is 85.2 cm³/mol. The number of halogens is 1. The maximum Gasteiger partial charge on any atom is 0.0675 e. The molecule has 2 rings (SSSR count). The van der Waals surface area contributed by atoms with E-state index in [0.29, 0.717) is 0 Å². The first-order chi connectivity index (χ1) is 9.58. The van der Waals surface area contributed by atoms with Gasteiger partial charge in [-0.15, -0.1) is 0 Å². The zero-order chi connectivity index (χ0) is 14.7. The fourth-order valence-electron chi connectivity index (χ4n) is 2.64. The van der Waals surface area contributed by atoms with Crippen molar-refractivity contribution in [3.63, 3.8) is 0 Å². The number of aromatic nitrogens is 2. The van der Waals surface area contributed by atoms with E-state index in [1.165, 1.54) is 22.4 Å². The van der Waals surface area contributed by atoms with Gasteiger partial charge in [0.05, 0.1) is 5.69 Å². The molecule has 0 radical (unpaired) electrons. The number of nitrogens with zero attached hydrogens (tertiary/aromatic N) is 2. The van der Waals surface area contributed by atoms with Crippen LogP contribution in [0.2, 0.25) is 5.02 Å². The summed E-state index contributed by atoms with van der Waals surface area (Å²) in [7, 11) is 1.96. The highest BCUT2D eigenvalue weighted by Gasteiger charge is 2.16. The van der Waals surface area contributed by atoms with Crippen LogP contribution < -0.4 is 5.32 Å². The molecule has 0 aliphatic carbocycles.